The van der Waals surface area contributed by atoms with Crippen LogP contribution in [0.4, 0.5) is 17.1 Å². The molecule has 4 heterocycles. The van der Waals surface area contributed by atoms with Crippen LogP contribution in [0.15, 0.2) is 42.6 Å². The quantitative estimate of drug-likeness (QED) is 0.0193. The number of anilines is 3. The Balaban J connectivity index is 0.820. The van der Waals surface area contributed by atoms with Crippen molar-refractivity contribution < 1.29 is 47.5 Å². The van der Waals surface area contributed by atoms with Gasteiger partial charge in [0.05, 0.1) is 33.0 Å². The van der Waals surface area contributed by atoms with Crippen molar-refractivity contribution in [2.75, 3.05) is 53.2 Å². The van der Waals surface area contributed by atoms with Crippen molar-refractivity contribution in [3.63, 3.8) is 0 Å². The molecule has 5 N–H and O–H groups in total. The first-order chi connectivity index (χ1) is 34.6. The number of thiol groups is 1. The fourth-order valence-electron chi connectivity index (χ4n) is 12.9. The first-order valence-corrected chi connectivity index (χ1v) is 28.6. The zero-order valence-corrected chi connectivity index (χ0v) is 44.6. The van der Waals surface area contributed by atoms with Gasteiger partial charge in [0.2, 0.25) is 41.4 Å². The number of unbranched alkanes of at least 4 members (excludes halogenated alkanes) is 2. The normalized spacial score (nSPS) is 26.9. The second-order valence-corrected chi connectivity index (χ2v) is 24.6. The van der Waals surface area contributed by atoms with Gasteiger partial charge in [-0.2, -0.15) is 12.6 Å². The van der Waals surface area contributed by atoms with Gasteiger partial charge in [-0.15, -0.1) is 23.2 Å². The average molecular weight is 1080 g/mol. The maximum atomic E-state index is 15.1. The van der Waals surface area contributed by atoms with Gasteiger partial charge in [0, 0.05) is 96.9 Å². The number of imide groups is 1. The Labute approximate surface area is 438 Å². The lowest BCUT2D eigenvalue weighted by Crippen LogP contribution is -2.53. The predicted molar refractivity (Wildman–Crippen MR) is 282 cm³/mol. The summed E-state index contributed by atoms with van der Waals surface area (Å²) in [6.45, 7) is 9.10. The van der Waals surface area contributed by atoms with Crippen molar-refractivity contribution in [1.82, 2.24) is 20.5 Å². The standard InChI is InChI=1S/C52H60Cl2N7O10PS/c1-26(2)43(58-38(62)13-7-6-10-14-59-39(63)17-37(73)47(59)66)46(65)56-28(4)45(64)57-33-15-34-41(32-12-9-8-11-31(32)33)29(18-53)21-60(34)48(67)50-23-51(25-52(50,51)24-50)49(68)61-22-30(19-54)42-35(61)16-36(71-72(5,69)70)44-40(42)27(3)20-55-44/h8-9,11-12,15-16,20,26,28-30,37,43,55,73H,6-7,10,13-14,17-19,21-25H2,1-5H3,(H,56,65)(H,57,64)(H,58,62)(H,69,70)/t28-,29+,30+,37?,43-,50?,51?,52?/m0/s1. The summed E-state index contributed by atoms with van der Waals surface area (Å²) >= 11 is 17.4. The van der Waals surface area contributed by atoms with Crippen molar-refractivity contribution in [2.24, 2.45) is 22.2 Å². The van der Waals surface area contributed by atoms with E-state index in [1.54, 1.807) is 48.9 Å². The molecule has 3 saturated carbocycles. The third kappa shape index (κ3) is 8.32. The molecular weight excluding hydrogens is 1020 g/mol. The van der Waals surface area contributed by atoms with Crippen LogP contribution < -0.4 is 30.3 Å². The summed E-state index contributed by atoms with van der Waals surface area (Å²) in [5.41, 5.74) is 2.89. The molecule has 4 fully saturated rings. The molecule has 3 aromatic carbocycles. The molecule has 0 radical (unpaired) electrons. The Morgan fingerprint density at radius 2 is 1.52 bits per heavy atom. The van der Waals surface area contributed by atoms with Gasteiger partial charge in [-0.05, 0) is 80.0 Å². The topological polar surface area (TPSA) is 228 Å². The lowest BCUT2D eigenvalue weighted by Gasteiger charge is -2.37. The van der Waals surface area contributed by atoms with Crippen molar-refractivity contribution in [2.45, 2.75) is 108 Å². The Kier molecular flexibility index (Phi) is 13.1. The molecule has 1 saturated heterocycles. The first-order valence-electron chi connectivity index (χ1n) is 25.0. The molecular formula is C52H60Cl2N7O10PS. The SMILES string of the molecule is Cc1c[nH]c2c(OP(C)(=O)O)cc3c(c12)[C@H](CCl)CN3C(=O)C12CC3(C(=O)N4C[C@@H](CCl)c5c4cc(NC(=O)[C@H](C)NC(=O)[C@@H](NC(=O)CCCCCN4C(=O)CC(S)C4=O)C(C)C)c4ccccc54)CC31C2. The van der Waals surface area contributed by atoms with Gasteiger partial charge in [0.25, 0.3) is 0 Å². The Hall–Kier alpha value is -5.13. The molecule has 6 aliphatic rings. The second-order valence-electron chi connectivity index (χ2n) is 21.6. The number of benzene rings is 3. The van der Waals surface area contributed by atoms with Crippen molar-refractivity contribution in [3.8, 4) is 5.75 Å². The summed E-state index contributed by atoms with van der Waals surface area (Å²) in [7, 11) is -3.97. The Morgan fingerprint density at radius 1 is 0.890 bits per heavy atom. The Bertz CT molecular complexity index is 3110. The lowest BCUT2D eigenvalue weighted by molar-refractivity contribution is -0.138. The number of alkyl halides is 2. The average Bonchev–Trinajstić information content (AvgIpc) is 3.66. The van der Waals surface area contributed by atoms with E-state index >= 15 is 4.79 Å². The number of rotatable bonds is 18. The number of carbonyl (C=O) groups is 7. The number of aryl methyl sites for hydroxylation is 1. The largest absolute Gasteiger partial charge is 0.422 e. The van der Waals surface area contributed by atoms with Crippen LogP contribution in [0.25, 0.3) is 21.7 Å². The number of amides is 7. The third-order valence-electron chi connectivity index (χ3n) is 16.5. The number of nitrogens with one attached hydrogen (secondary N) is 4. The number of likely N-dealkylation sites (tertiary alicyclic amines) is 1. The molecule has 4 aromatic rings. The smallest absolute Gasteiger partial charge is 0.373 e. The van der Waals surface area contributed by atoms with Gasteiger partial charge in [-0.1, -0.05) is 44.5 Å². The first kappa shape index (κ1) is 51.4. The monoisotopic (exact) mass is 1080 g/mol. The second kappa shape index (κ2) is 18.6. The van der Waals surface area contributed by atoms with E-state index in [1.165, 1.54) is 4.90 Å². The van der Waals surface area contributed by atoms with Crippen LogP contribution in [-0.2, 0) is 38.1 Å². The van der Waals surface area contributed by atoms with Gasteiger partial charge in [-0.3, -0.25) is 38.5 Å². The number of fused-ring (bicyclic) bond motifs is 6. The predicted octanol–water partition coefficient (Wildman–Crippen LogP) is 7.23. The van der Waals surface area contributed by atoms with Crippen molar-refractivity contribution in [3.05, 3.63) is 59.3 Å². The van der Waals surface area contributed by atoms with E-state index in [0.29, 0.717) is 74.2 Å². The summed E-state index contributed by atoms with van der Waals surface area (Å²) in [5.74, 6) is -2.14. The fraction of sp³-hybridized carbons (Fsp3) is 0.519. The Morgan fingerprint density at radius 3 is 2.11 bits per heavy atom. The minimum atomic E-state index is -3.97. The molecule has 5 unspecified atom stereocenters. The zero-order valence-electron chi connectivity index (χ0n) is 41.3. The van der Waals surface area contributed by atoms with E-state index in [2.05, 4.69) is 33.6 Å². The van der Waals surface area contributed by atoms with E-state index in [4.69, 9.17) is 27.7 Å². The van der Waals surface area contributed by atoms with E-state index in [1.807, 2.05) is 31.2 Å². The third-order valence-corrected chi connectivity index (χ3v) is 18.2. The molecule has 7 amide bonds. The molecule has 73 heavy (non-hydrogen) atoms. The molecule has 3 aliphatic heterocycles. The maximum absolute atomic E-state index is 15.1. The molecule has 388 valence electrons. The summed E-state index contributed by atoms with van der Waals surface area (Å²) in [5, 5.41) is 10.4. The van der Waals surface area contributed by atoms with E-state index in [9.17, 15) is 38.2 Å². The highest BCUT2D eigenvalue weighted by Gasteiger charge is 3.01. The number of nitrogens with zero attached hydrogens (tertiary/aromatic N) is 3. The van der Waals surface area contributed by atoms with Gasteiger partial charge in [0.15, 0.2) is 5.75 Å². The lowest BCUT2D eigenvalue weighted by atomic mass is 9.72. The minimum absolute atomic E-state index is 0.0818. The van der Waals surface area contributed by atoms with Gasteiger partial charge >= 0.3 is 7.60 Å². The summed E-state index contributed by atoms with van der Waals surface area (Å²) in [6.07, 6.45) is 5.14. The number of H-pyrrole nitrogens is 1. The van der Waals surface area contributed by atoms with Crippen LogP contribution in [0.2, 0.25) is 0 Å². The van der Waals surface area contributed by atoms with Crippen LogP contribution in [-0.4, -0.2) is 112 Å². The highest BCUT2D eigenvalue weighted by molar-refractivity contribution is 7.81. The molecule has 0 bridgehead atoms. The number of hydrogen-bond acceptors (Lipinski definition) is 10. The van der Waals surface area contributed by atoms with E-state index < -0.39 is 53.0 Å². The van der Waals surface area contributed by atoms with Gasteiger partial charge in [-0.25, -0.2) is 4.57 Å². The van der Waals surface area contributed by atoms with Crippen molar-refractivity contribution >= 4 is 124 Å². The van der Waals surface area contributed by atoms with E-state index in [0.717, 1.165) is 39.5 Å². The summed E-state index contributed by atoms with van der Waals surface area (Å²) in [4.78, 5) is 113. The number of aromatic nitrogens is 1. The van der Waals surface area contributed by atoms with Crippen LogP contribution in [0.5, 0.6) is 5.75 Å². The van der Waals surface area contributed by atoms with Gasteiger partial charge in [0.1, 0.15) is 12.1 Å². The van der Waals surface area contributed by atoms with Crippen LogP contribution in [0, 0.1) is 29.1 Å². The zero-order chi connectivity index (χ0) is 52.3. The highest BCUT2D eigenvalue weighted by atomic mass is 35.5. The van der Waals surface area contributed by atoms with Crippen LogP contribution in [0.1, 0.15) is 101 Å². The molecule has 9 atom stereocenters. The highest BCUT2D eigenvalue weighted by Crippen LogP contribution is 3.01. The number of hydrogen-bond donors (Lipinski definition) is 6. The number of halogens is 2. The molecule has 3 aliphatic carbocycles. The van der Waals surface area contributed by atoms with E-state index in [-0.39, 0.29) is 84.2 Å². The van der Waals surface area contributed by atoms with Crippen LogP contribution >= 0.6 is 43.4 Å². The molecule has 17 nitrogen and oxygen atoms in total. The molecule has 1 spiro atoms. The molecule has 1 aromatic heterocycles. The fourth-order valence-corrected chi connectivity index (χ4v) is 14.2. The minimum Gasteiger partial charge on any atom is -0.422 e. The van der Waals surface area contributed by atoms with Gasteiger partial charge < -0.3 is 40.2 Å². The number of carbonyl (C=O) groups excluding carboxylic acids is 7. The molecule has 10 rings (SSSR count). The maximum Gasteiger partial charge on any atom is 0.373 e. The number of aromatic amines is 1. The van der Waals surface area contributed by atoms with Crippen molar-refractivity contribution in [1.29, 1.82) is 0 Å². The summed E-state index contributed by atoms with van der Waals surface area (Å²) in [6, 6.07) is 9.08. The van der Waals surface area contributed by atoms with Crippen LogP contribution in [0.3, 0.4) is 0 Å². The molecule has 21 heteroatoms. The summed E-state index contributed by atoms with van der Waals surface area (Å²) < 4.78 is 18.1.